The van der Waals surface area contributed by atoms with E-state index in [1.807, 2.05) is 11.8 Å². The van der Waals surface area contributed by atoms with E-state index in [1.54, 1.807) is 6.92 Å². The fraction of sp³-hybridized carbons (Fsp3) is 0.688. The van der Waals surface area contributed by atoms with Gasteiger partial charge in [0.15, 0.2) is 0 Å². The van der Waals surface area contributed by atoms with Gasteiger partial charge in [-0.15, -0.1) is 0 Å². The van der Waals surface area contributed by atoms with Gasteiger partial charge in [-0.05, 0) is 39.5 Å². The van der Waals surface area contributed by atoms with Gasteiger partial charge in [0.05, 0.1) is 0 Å². The van der Waals surface area contributed by atoms with E-state index < -0.39 is 0 Å². The molecule has 126 valence electrons. The van der Waals surface area contributed by atoms with Crippen molar-refractivity contribution in [3.8, 4) is 0 Å². The first kappa shape index (κ1) is 16.0. The SMILES string of the molecule is Cc1nc(N2CCC[C@@H](NC(=O)[C@@H]3CCCO3)C2)[nH]c(=O)c1C. The summed E-state index contributed by atoms with van der Waals surface area (Å²) in [7, 11) is 0. The van der Waals surface area contributed by atoms with Crippen molar-refractivity contribution < 1.29 is 9.53 Å². The first-order valence-corrected chi connectivity index (χ1v) is 8.29. The van der Waals surface area contributed by atoms with E-state index in [4.69, 9.17) is 4.74 Å². The lowest BCUT2D eigenvalue weighted by molar-refractivity contribution is -0.130. The molecule has 0 bridgehead atoms. The van der Waals surface area contributed by atoms with Crippen LogP contribution in [0, 0.1) is 13.8 Å². The van der Waals surface area contributed by atoms with E-state index in [9.17, 15) is 9.59 Å². The summed E-state index contributed by atoms with van der Waals surface area (Å²) < 4.78 is 5.43. The minimum Gasteiger partial charge on any atom is -0.368 e. The van der Waals surface area contributed by atoms with Gasteiger partial charge in [-0.3, -0.25) is 14.6 Å². The first-order valence-electron chi connectivity index (χ1n) is 8.29. The molecular weight excluding hydrogens is 296 g/mol. The molecule has 0 unspecified atom stereocenters. The number of aromatic amines is 1. The third-order valence-corrected chi connectivity index (χ3v) is 4.67. The summed E-state index contributed by atoms with van der Waals surface area (Å²) in [5.41, 5.74) is 1.29. The van der Waals surface area contributed by atoms with Gasteiger partial charge < -0.3 is 15.0 Å². The Hall–Kier alpha value is -1.89. The fourth-order valence-electron chi connectivity index (χ4n) is 3.15. The van der Waals surface area contributed by atoms with Crippen molar-refractivity contribution in [3.63, 3.8) is 0 Å². The predicted octanol–water partition coefficient (Wildman–Crippen LogP) is 0.651. The second-order valence-corrected chi connectivity index (χ2v) is 6.40. The molecule has 3 rings (SSSR count). The summed E-state index contributed by atoms with van der Waals surface area (Å²) in [6.45, 7) is 5.77. The Morgan fingerprint density at radius 1 is 1.35 bits per heavy atom. The molecule has 0 aromatic carbocycles. The Kier molecular flexibility index (Phi) is 4.66. The maximum atomic E-state index is 12.2. The zero-order chi connectivity index (χ0) is 16.4. The minimum absolute atomic E-state index is 0.0177. The Morgan fingerprint density at radius 3 is 2.87 bits per heavy atom. The number of rotatable bonds is 3. The quantitative estimate of drug-likeness (QED) is 0.854. The number of H-pyrrole nitrogens is 1. The van der Waals surface area contributed by atoms with Crippen LogP contribution in [0.4, 0.5) is 5.95 Å². The van der Waals surface area contributed by atoms with Crippen LogP contribution in [0.1, 0.15) is 36.9 Å². The van der Waals surface area contributed by atoms with Crippen LogP contribution in [-0.2, 0) is 9.53 Å². The molecule has 1 aromatic heterocycles. The van der Waals surface area contributed by atoms with E-state index >= 15 is 0 Å². The predicted molar refractivity (Wildman–Crippen MR) is 86.7 cm³/mol. The number of carbonyl (C=O) groups is 1. The summed E-state index contributed by atoms with van der Waals surface area (Å²) in [6, 6.07) is 0.0624. The maximum Gasteiger partial charge on any atom is 0.255 e. The van der Waals surface area contributed by atoms with Gasteiger partial charge in [-0.25, -0.2) is 4.98 Å². The van der Waals surface area contributed by atoms with Crippen LogP contribution in [0.2, 0.25) is 0 Å². The van der Waals surface area contributed by atoms with Crippen LogP contribution < -0.4 is 15.8 Å². The smallest absolute Gasteiger partial charge is 0.255 e. The third-order valence-electron chi connectivity index (χ3n) is 4.67. The fourth-order valence-corrected chi connectivity index (χ4v) is 3.15. The first-order chi connectivity index (χ1) is 11.0. The summed E-state index contributed by atoms with van der Waals surface area (Å²) in [4.78, 5) is 33.5. The molecule has 0 spiro atoms. The number of anilines is 1. The highest BCUT2D eigenvalue weighted by molar-refractivity contribution is 5.81. The molecule has 1 amide bonds. The normalized spacial score (nSPS) is 24.7. The monoisotopic (exact) mass is 320 g/mol. The number of nitrogens with one attached hydrogen (secondary N) is 2. The average molecular weight is 320 g/mol. The number of piperidine rings is 1. The van der Waals surface area contributed by atoms with Gasteiger partial charge in [-0.1, -0.05) is 0 Å². The topological polar surface area (TPSA) is 87.3 Å². The van der Waals surface area contributed by atoms with Crippen LogP contribution in [0.3, 0.4) is 0 Å². The largest absolute Gasteiger partial charge is 0.368 e. The van der Waals surface area contributed by atoms with E-state index in [2.05, 4.69) is 15.3 Å². The molecule has 2 atom stereocenters. The maximum absolute atomic E-state index is 12.2. The molecule has 2 saturated heterocycles. The molecule has 2 aliphatic heterocycles. The molecule has 7 nitrogen and oxygen atoms in total. The number of nitrogens with zero attached hydrogens (tertiary/aromatic N) is 2. The van der Waals surface area contributed by atoms with Crippen molar-refractivity contribution >= 4 is 11.9 Å². The highest BCUT2D eigenvalue weighted by Crippen LogP contribution is 2.17. The summed E-state index contributed by atoms with van der Waals surface area (Å²) in [5, 5.41) is 3.08. The number of hydrogen-bond acceptors (Lipinski definition) is 5. The van der Waals surface area contributed by atoms with Crippen LogP contribution >= 0.6 is 0 Å². The standard InChI is InChI=1S/C16H24N4O3/c1-10-11(2)17-16(19-14(10)21)20-7-3-5-12(9-20)18-15(22)13-6-4-8-23-13/h12-13H,3-9H2,1-2H3,(H,18,22)(H,17,19,21)/t12-,13+/m1/s1. The van der Waals surface area contributed by atoms with Gasteiger partial charge >= 0.3 is 0 Å². The van der Waals surface area contributed by atoms with Crippen LogP contribution in [-0.4, -0.2) is 47.7 Å². The van der Waals surface area contributed by atoms with Crippen LogP contribution in [0.15, 0.2) is 4.79 Å². The van der Waals surface area contributed by atoms with Crippen molar-refractivity contribution in [2.24, 2.45) is 0 Å². The highest BCUT2D eigenvalue weighted by atomic mass is 16.5. The summed E-state index contributed by atoms with van der Waals surface area (Å²) >= 11 is 0. The molecule has 2 aliphatic rings. The zero-order valence-corrected chi connectivity index (χ0v) is 13.7. The molecule has 2 fully saturated rings. The summed E-state index contributed by atoms with van der Waals surface area (Å²) in [6.07, 6.45) is 3.33. The van der Waals surface area contributed by atoms with Gasteiger partial charge in [0, 0.05) is 37.0 Å². The second kappa shape index (κ2) is 6.70. The highest BCUT2D eigenvalue weighted by Gasteiger charge is 2.28. The van der Waals surface area contributed by atoms with Crippen molar-refractivity contribution in [2.75, 3.05) is 24.6 Å². The number of aromatic nitrogens is 2. The second-order valence-electron chi connectivity index (χ2n) is 6.40. The molecule has 0 aliphatic carbocycles. The Labute approximate surface area is 135 Å². The molecule has 0 saturated carbocycles. The number of aryl methyl sites for hydroxylation is 1. The Bertz CT molecular complexity index is 637. The third kappa shape index (κ3) is 3.55. The Morgan fingerprint density at radius 2 is 2.17 bits per heavy atom. The van der Waals surface area contributed by atoms with Gasteiger partial charge in [0.25, 0.3) is 5.56 Å². The molecule has 0 radical (unpaired) electrons. The van der Waals surface area contributed by atoms with Crippen molar-refractivity contribution in [1.29, 1.82) is 0 Å². The van der Waals surface area contributed by atoms with E-state index in [0.717, 1.165) is 37.9 Å². The zero-order valence-electron chi connectivity index (χ0n) is 13.7. The van der Waals surface area contributed by atoms with Crippen LogP contribution in [0.5, 0.6) is 0 Å². The van der Waals surface area contributed by atoms with Crippen molar-refractivity contribution in [2.45, 2.75) is 51.7 Å². The van der Waals surface area contributed by atoms with Crippen molar-refractivity contribution in [1.82, 2.24) is 15.3 Å². The van der Waals surface area contributed by atoms with Gasteiger partial charge in [-0.2, -0.15) is 0 Å². The lowest BCUT2D eigenvalue weighted by Gasteiger charge is -2.34. The molecule has 23 heavy (non-hydrogen) atoms. The molecule has 3 heterocycles. The van der Waals surface area contributed by atoms with Crippen molar-refractivity contribution in [3.05, 3.63) is 21.6 Å². The van der Waals surface area contributed by atoms with E-state index in [1.165, 1.54) is 0 Å². The van der Waals surface area contributed by atoms with E-state index in [0.29, 0.717) is 24.7 Å². The lowest BCUT2D eigenvalue weighted by atomic mass is 10.1. The minimum atomic E-state index is -0.301. The molecule has 7 heteroatoms. The van der Waals surface area contributed by atoms with Crippen LogP contribution in [0.25, 0.3) is 0 Å². The number of amides is 1. The number of hydrogen-bond donors (Lipinski definition) is 2. The molecule has 2 N–H and O–H groups in total. The lowest BCUT2D eigenvalue weighted by Crippen LogP contribution is -2.50. The number of carbonyl (C=O) groups excluding carboxylic acids is 1. The average Bonchev–Trinajstić information content (AvgIpc) is 3.07. The Balaban J connectivity index is 1.66. The molecule has 1 aromatic rings. The number of ether oxygens (including phenoxy) is 1. The van der Waals surface area contributed by atoms with E-state index in [-0.39, 0.29) is 23.6 Å². The summed E-state index contributed by atoms with van der Waals surface area (Å²) in [5.74, 6) is 0.574. The van der Waals surface area contributed by atoms with Gasteiger partial charge in [0.1, 0.15) is 6.10 Å². The molecular formula is C16H24N4O3. The van der Waals surface area contributed by atoms with Gasteiger partial charge in [0.2, 0.25) is 11.9 Å².